The van der Waals surface area contributed by atoms with Crippen LogP contribution in [0.2, 0.25) is 10.0 Å². The normalized spacial score (nSPS) is 26.2. The van der Waals surface area contributed by atoms with Crippen LogP contribution in [-0.2, 0) is 14.2 Å². The maximum Gasteiger partial charge on any atom is 0.338 e. The maximum atomic E-state index is 12.4. The fourth-order valence-electron chi connectivity index (χ4n) is 2.81. The van der Waals surface area contributed by atoms with Crippen molar-refractivity contribution in [1.82, 2.24) is 0 Å². The number of hydrogen-bond donors (Lipinski definition) is 2. The Bertz CT molecular complexity index is 881. The lowest BCUT2D eigenvalue weighted by atomic mass is 9.97. The van der Waals surface area contributed by atoms with E-state index in [4.69, 9.17) is 37.4 Å². The Hall–Kier alpha value is -2.16. The van der Waals surface area contributed by atoms with E-state index in [9.17, 15) is 19.8 Å². The van der Waals surface area contributed by atoms with E-state index >= 15 is 0 Å². The van der Waals surface area contributed by atoms with Crippen LogP contribution in [-0.4, -0.2) is 52.9 Å². The molecule has 3 rings (SSSR count). The van der Waals surface area contributed by atoms with E-state index in [1.807, 2.05) is 0 Å². The predicted molar refractivity (Wildman–Crippen MR) is 104 cm³/mol. The summed E-state index contributed by atoms with van der Waals surface area (Å²) in [7, 11) is 0. The lowest BCUT2D eigenvalue weighted by molar-refractivity contribution is -0.170. The van der Waals surface area contributed by atoms with Crippen LogP contribution in [0.5, 0.6) is 0 Å². The van der Waals surface area contributed by atoms with Crippen LogP contribution in [0.25, 0.3) is 0 Å². The van der Waals surface area contributed by atoms with E-state index in [1.165, 1.54) is 55.5 Å². The minimum absolute atomic E-state index is 0.198. The van der Waals surface area contributed by atoms with Gasteiger partial charge in [0.15, 0.2) is 18.0 Å². The number of benzene rings is 2. The van der Waals surface area contributed by atoms with Crippen molar-refractivity contribution in [3.63, 3.8) is 0 Å². The molecule has 0 aliphatic carbocycles. The summed E-state index contributed by atoms with van der Waals surface area (Å²) in [6.07, 6.45) is -3.99. The van der Waals surface area contributed by atoms with Gasteiger partial charge >= 0.3 is 11.9 Å². The summed E-state index contributed by atoms with van der Waals surface area (Å²) in [6.45, 7) is 0.908. The first-order chi connectivity index (χ1) is 13.7. The van der Waals surface area contributed by atoms with Gasteiger partial charge in [0, 0.05) is 10.0 Å². The predicted octanol–water partition coefficient (Wildman–Crippen LogP) is 2.84. The van der Waals surface area contributed by atoms with E-state index in [0.717, 1.165) is 0 Å². The molecule has 1 aliphatic heterocycles. The molecule has 0 saturated carbocycles. The molecule has 4 atom stereocenters. The van der Waals surface area contributed by atoms with Gasteiger partial charge in [-0.2, -0.15) is 0 Å². The zero-order chi connectivity index (χ0) is 21.2. The number of aliphatic hydroxyl groups excluding tert-OH is 1. The average Bonchev–Trinajstić information content (AvgIpc) is 2.90. The monoisotopic (exact) mass is 440 g/mol. The molecule has 29 heavy (non-hydrogen) atoms. The second-order valence-corrected chi connectivity index (χ2v) is 7.56. The number of hydrogen-bond acceptors (Lipinski definition) is 7. The van der Waals surface area contributed by atoms with Crippen LogP contribution < -0.4 is 0 Å². The number of halogens is 2. The van der Waals surface area contributed by atoms with Crippen LogP contribution in [0.3, 0.4) is 0 Å². The largest absolute Gasteiger partial charge is 0.459 e. The molecule has 2 aromatic rings. The molecule has 7 nitrogen and oxygen atoms in total. The minimum atomic E-state index is -1.90. The molecule has 0 aromatic heterocycles. The molecule has 2 aromatic carbocycles. The summed E-state index contributed by atoms with van der Waals surface area (Å²) in [6, 6.07) is 12.0. The van der Waals surface area contributed by atoms with Crippen molar-refractivity contribution in [1.29, 1.82) is 0 Å². The molecule has 1 unspecified atom stereocenters. The van der Waals surface area contributed by atoms with Crippen LogP contribution in [0, 0.1) is 0 Å². The van der Waals surface area contributed by atoms with Gasteiger partial charge in [-0.1, -0.05) is 23.2 Å². The first-order valence-corrected chi connectivity index (χ1v) is 9.39. The van der Waals surface area contributed by atoms with Crippen molar-refractivity contribution in [3.05, 3.63) is 69.7 Å². The van der Waals surface area contributed by atoms with E-state index < -0.39 is 36.0 Å². The summed E-state index contributed by atoms with van der Waals surface area (Å²) < 4.78 is 15.8. The van der Waals surface area contributed by atoms with Crippen LogP contribution >= 0.6 is 23.2 Å². The number of ether oxygens (including phenoxy) is 3. The van der Waals surface area contributed by atoms with E-state index in [2.05, 4.69) is 0 Å². The highest BCUT2D eigenvalue weighted by Crippen LogP contribution is 2.33. The Morgan fingerprint density at radius 3 is 2.00 bits per heavy atom. The summed E-state index contributed by atoms with van der Waals surface area (Å²) in [5.74, 6) is -1.41. The van der Waals surface area contributed by atoms with Crippen LogP contribution in [0.1, 0.15) is 27.6 Å². The van der Waals surface area contributed by atoms with Gasteiger partial charge in [-0.15, -0.1) is 0 Å². The van der Waals surface area contributed by atoms with E-state index in [1.54, 1.807) is 0 Å². The second kappa shape index (κ2) is 8.69. The summed E-state index contributed by atoms with van der Waals surface area (Å²) in [4.78, 5) is 24.6. The highest BCUT2D eigenvalue weighted by atomic mass is 35.5. The molecule has 2 N–H and O–H groups in total. The van der Waals surface area contributed by atoms with Gasteiger partial charge in [0.05, 0.1) is 11.1 Å². The molecule has 1 aliphatic rings. The van der Waals surface area contributed by atoms with Crippen LogP contribution in [0.4, 0.5) is 0 Å². The summed E-state index contributed by atoms with van der Waals surface area (Å²) in [5.41, 5.74) is -1.45. The molecule has 1 fully saturated rings. The van der Waals surface area contributed by atoms with Gasteiger partial charge in [0.1, 0.15) is 12.7 Å². The molecular weight excluding hydrogens is 423 g/mol. The molecule has 0 amide bonds. The molecule has 0 bridgehead atoms. The van der Waals surface area contributed by atoms with Crippen molar-refractivity contribution in [2.45, 2.75) is 31.0 Å². The fourth-order valence-corrected chi connectivity index (χ4v) is 3.06. The lowest BCUT2D eigenvalue weighted by Crippen LogP contribution is -2.48. The molecule has 9 heteroatoms. The van der Waals surface area contributed by atoms with Crippen molar-refractivity contribution >= 4 is 35.1 Å². The van der Waals surface area contributed by atoms with Crippen LogP contribution in [0.15, 0.2) is 48.5 Å². The Balaban J connectivity index is 1.69. The Morgan fingerprint density at radius 2 is 1.48 bits per heavy atom. The number of esters is 2. The third kappa shape index (κ3) is 4.88. The fraction of sp³-hybridized carbons (Fsp3) is 0.300. The topological polar surface area (TPSA) is 102 Å². The first kappa shape index (κ1) is 21.5. The average molecular weight is 441 g/mol. The molecule has 1 saturated heterocycles. The molecule has 0 radical (unpaired) electrons. The standard InChI is InChI=1S/C20H18Cl2O7/c1-20(26)16(29-18(24)12-4-8-14(22)9-5-12)15(28-19(20)25)10-27-17(23)11-2-6-13(21)7-3-11/h2-9,15-16,19,25-26H,10H2,1H3/t15-,16-,19?,20-/m1/s1. The third-order valence-corrected chi connectivity index (χ3v) is 4.99. The highest BCUT2D eigenvalue weighted by molar-refractivity contribution is 6.30. The summed E-state index contributed by atoms with van der Waals surface area (Å²) in [5, 5.41) is 21.4. The SMILES string of the molecule is C[C@]1(O)C(O)O[C@H](COC(=O)c2ccc(Cl)cc2)[C@H]1OC(=O)c1ccc(Cl)cc1. The molecule has 154 valence electrons. The Morgan fingerprint density at radius 1 is 1.00 bits per heavy atom. The van der Waals surface area contributed by atoms with Gasteiger partial charge in [0.2, 0.25) is 0 Å². The van der Waals surface area contributed by atoms with Gasteiger partial charge < -0.3 is 24.4 Å². The Labute approximate surface area is 176 Å². The number of aliphatic hydroxyl groups is 2. The minimum Gasteiger partial charge on any atom is -0.459 e. The van der Waals surface area contributed by atoms with Gasteiger partial charge in [-0.25, -0.2) is 9.59 Å². The molecular formula is C20H18Cl2O7. The van der Waals surface area contributed by atoms with Crippen molar-refractivity contribution in [2.24, 2.45) is 0 Å². The summed E-state index contributed by atoms with van der Waals surface area (Å²) >= 11 is 11.6. The zero-order valence-corrected chi connectivity index (χ0v) is 16.8. The quantitative estimate of drug-likeness (QED) is 0.688. The molecule has 0 spiro atoms. The van der Waals surface area contributed by atoms with Gasteiger partial charge in [0.25, 0.3) is 0 Å². The number of rotatable bonds is 5. The molecule has 1 heterocycles. The third-order valence-electron chi connectivity index (χ3n) is 4.49. The van der Waals surface area contributed by atoms with Gasteiger partial charge in [-0.3, -0.25) is 0 Å². The maximum absolute atomic E-state index is 12.4. The lowest BCUT2D eigenvalue weighted by Gasteiger charge is -2.27. The zero-order valence-electron chi connectivity index (χ0n) is 15.2. The smallest absolute Gasteiger partial charge is 0.338 e. The first-order valence-electron chi connectivity index (χ1n) is 8.63. The van der Waals surface area contributed by atoms with Crippen molar-refractivity contribution in [3.8, 4) is 0 Å². The van der Waals surface area contributed by atoms with Crippen molar-refractivity contribution in [2.75, 3.05) is 6.61 Å². The van der Waals surface area contributed by atoms with E-state index in [0.29, 0.717) is 10.0 Å². The number of carbonyl (C=O) groups is 2. The van der Waals surface area contributed by atoms with Crippen molar-refractivity contribution < 1.29 is 34.0 Å². The highest BCUT2D eigenvalue weighted by Gasteiger charge is 2.55. The second-order valence-electron chi connectivity index (χ2n) is 6.69. The number of carbonyl (C=O) groups excluding carboxylic acids is 2. The van der Waals surface area contributed by atoms with E-state index in [-0.39, 0.29) is 17.7 Å². The van der Waals surface area contributed by atoms with Gasteiger partial charge in [-0.05, 0) is 55.5 Å². The Kier molecular flexibility index (Phi) is 6.45.